The van der Waals surface area contributed by atoms with Gasteiger partial charge < -0.3 is 9.73 Å². The van der Waals surface area contributed by atoms with Crippen molar-refractivity contribution in [3.05, 3.63) is 90.7 Å². The summed E-state index contributed by atoms with van der Waals surface area (Å²) in [5.41, 5.74) is 2.15. The van der Waals surface area contributed by atoms with E-state index >= 15 is 0 Å². The zero-order chi connectivity index (χ0) is 21.9. The van der Waals surface area contributed by atoms with Gasteiger partial charge in [0.2, 0.25) is 11.7 Å². The molecule has 0 aliphatic rings. The van der Waals surface area contributed by atoms with Gasteiger partial charge in [-0.1, -0.05) is 48.2 Å². The number of nitrogens with one attached hydrogen (secondary N) is 1. The summed E-state index contributed by atoms with van der Waals surface area (Å²) in [6.45, 7) is 0. The van der Waals surface area contributed by atoms with Crippen LogP contribution in [0.1, 0.15) is 0 Å². The Hall–Kier alpha value is -3.91. The number of amides is 1. The number of fused-ring (bicyclic) bond motifs is 1. The summed E-state index contributed by atoms with van der Waals surface area (Å²) in [5, 5.41) is 12.9. The fourth-order valence-corrected chi connectivity index (χ4v) is 4.04. The maximum Gasteiger partial charge on any atom is 0.234 e. The number of halogens is 1. The highest BCUT2D eigenvalue weighted by molar-refractivity contribution is 7.99. The number of furan rings is 1. The molecule has 0 saturated heterocycles. The Balaban J connectivity index is 1.43. The van der Waals surface area contributed by atoms with E-state index in [1.807, 2.05) is 65.2 Å². The van der Waals surface area contributed by atoms with Gasteiger partial charge in [0.05, 0.1) is 5.75 Å². The van der Waals surface area contributed by atoms with E-state index in [-0.39, 0.29) is 17.5 Å². The SMILES string of the molecule is O=C(CSc1nnc(-c2cc3ccccc3o2)n1-c1ccccc1)Nc1ccc(F)cc1. The molecule has 1 amide bonds. The second-order valence-corrected chi connectivity index (χ2v) is 7.91. The van der Waals surface area contributed by atoms with E-state index in [0.29, 0.717) is 22.4 Å². The Morgan fingerprint density at radius 3 is 2.50 bits per heavy atom. The highest BCUT2D eigenvalue weighted by atomic mass is 32.2. The second-order valence-electron chi connectivity index (χ2n) is 6.97. The topological polar surface area (TPSA) is 73.0 Å². The molecule has 0 atom stereocenters. The van der Waals surface area contributed by atoms with E-state index in [1.165, 1.54) is 36.0 Å². The summed E-state index contributed by atoms with van der Waals surface area (Å²) in [4.78, 5) is 12.4. The number of para-hydroxylation sites is 2. The number of rotatable bonds is 6. The van der Waals surface area contributed by atoms with Crippen molar-refractivity contribution < 1.29 is 13.6 Å². The first-order valence-electron chi connectivity index (χ1n) is 9.85. The minimum absolute atomic E-state index is 0.114. The molecule has 0 spiro atoms. The molecule has 0 unspecified atom stereocenters. The van der Waals surface area contributed by atoms with Crippen LogP contribution in [0.5, 0.6) is 0 Å². The Bertz CT molecular complexity index is 1350. The van der Waals surface area contributed by atoms with Crippen LogP contribution in [0.3, 0.4) is 0 Å². The third-order valence-electron chi connectivity index (χ3n) is 4.75. The van der Waals surface area contributed by atoms with Crippen LogP contribution >= 0.6 is 11.8 Å². The van der Waals surface area contributed by atoms with Crippen molar-refractivity contribution >= 4 is 34.3 Å². The van der Waals surface area contributed by atoms with Gasteiger partial charge in [0.1, 0.15) is 11.4 Å². The fourth-order valence-electron chi connectivity index (χ4n) is 3.29. The molecule has 32 heavy (non-hydrogen) atoms. The molecule has 0 radical (unpaired) electrons. The first-order valence-corrected chi connectivity index (χ1v) is 10.8. The molecule has 0 saturated carbocycles. The van der Waals surface area contributed by atoms with Crippen LogP contribution in [0, 0.1) is 5.82 Å². The van der Waals surface area contributed by atoms with Crippen molar-refractivity contribution in [3.8, 4) is 17.3 Å². The predicted octanol–water partition coefficient (Wildman–Crippen LogP) is 5.55. The standard InChI is InChI=1S/C24H17FN4O2S/c25-17-10-12-18(13-11-17)26-22(30)15-32-24-28-27-23(29(24)19-7-2-1-3-8-19)21-14-16-6-4-5-9-20(16)31-21/h1-14H,15H2,(H,26,30). The summed E-state index contributed by atoms with van der Waals surface area (Å²) < 4.78 is 20.9. The zero-order valence-corrected chi connectivity index (χ0v) is 17.6. The van der Waals surface area contributed by atoms with Gasteiger partial charge in [-0.2, -0.15) is 0 Å². The van der Waals surface area contributed by atoms with Gasteiger partial charge in [-0.05, 0) is 48.5 Å². The zero-order valence-electron chi connectivity index (χ0n) is 16.7. The molecule has 2 heterocycles. The van der Waals surface area contributed by atoms with E-state index < -0.39 is 0 Å². The molecule has 3 aromatic carbocycles. The molecule has 0 aliphatic heterocycles. The Morgan fingerprint density at radius 1 is 0.969 bits per heavy atom. The van der Waals surface area contributed by atoms with Gasteiger partial charge >= 0.3 is 0 Å². The summed E-state index contributed by atoms with van der Waals surface area (Å²) >= 11 is 1.26. The van der Waals surface area contributed by atoms with E-state index in [2.05, 4.69) is 15.5 Å². The van der Waals surface area contributed by atoms with E-state index in [4.69, 9.17) is 4.42 Å². The van der Waals surface area contributed by atoms with Crippen LogP contribution < -0.4 is 5.32 Å². The van der Waals surface area contributed by atoms with Crippen molar-refractivity contribution in [3.63, 3.8) is 0 Å². The largest absolute Gasteiger partial charge is 0.453 e. The summed E-state index contributed by atoms with van der Waals surface area (Å²) in [7, 11) is 0. The van der Waals surface area contributed by atoms with Crippen LogP contribution in [-0.2, 0) is 4.79 Å². The number of thioether (sulfide) groups is 1. The summed E-state index contributed by atoms with van der Waals surface area (Å²) in [5.74, 6) is 0.669. The lowest BCUT2D eigenvalue weighted by atomic mass is 10.2. The molecule has 5 aromatic rings. The smallest absolute Gasteiger partial charge is 0.234 e. The van der Waals surface area contributed by atoms with Crippen molar-refractivity contribution in [1.29, 1.82) is 0 Å². The first kappa shape index (κ1) is 20.0. The van der Waals surface area contributed by atoms with Crippen LogP contribution in [0.4, 0.5) is 10.1 Å². The molecule has 2 aromatic heterocycles. The van der Waals surface area contributed by atoms with Crippen LogP contribution in [-0.4, -0.2) is 26.4 Å². The van der Waals surface area contributed by atoms with E-state index in [1.54, 1.807) is 0 Å². The maximum absolute atomic E-state index is 13.1. The van der Waals surface area contributed by atoms with Gasteiger partial charge in [0, 0.05) is 16.8 Å². The van der Waals surface area contributed by atoms with Gasteiger partial charge in [0.25, 0.3) is 0 Å². The highest BCUT2D eigenvalue weighted by Gasteiger charge is 2.20. The van der Waals surface area contributed by atoms with Gasteiger partial charge in [-0.3, -0.25) is 9.36 Å². The number of hydrogen-bond donors (Lipinski definition) is 1. The number of carbonyl (C=O) groups is 1. The van der Waals surface area contributed by atoms with Gasteiger partial charge in [-0.25, -0.2) is 4.39 Å². The molecule has 158 valence electrons. The number of benzene rings is 3. The molecule has 0 fully saturated rings. The van der Waals surface area contributed by atoms with Gasteiger partial charge in [-0.15, -0.1) is 10.2 Å². The quantitative estimate of drug-likeness (QED) is 0.348. The number of carbonyl (C=O) groups excluding carboxylic acids is 1. The predicted molar refractivity (Wildman–Crippen MR) is 122 cm³/mol. The molecule has 0 aliphatic carbocycles. The Kier molecular flexibility index (Phi) is 5.43. The van der Waals surface area contributed by atoms with Crippen LogP contribution in [0.15, 0.2) is 94.5 Å². The molecule has 0 bridgehead atoms. The van der Waals surface area contributed by atoms with Crippen LogP contribution in [0.25, 0.3) is 28.2 Å². The number of nitrogens with zero attached hydrogens (tertiary/aromatic N) is 3. The Morgan fingerprint density at radius 2 is 1.72 bits per heavy atom. The number of hydrogen-bond acceptors (Lipinski definition) is 5. The van der Waals surface area contributed by atoms with Crippen LogP contribution in [0.2, 0.25) is 0 Å². The third-order valence-corrected chi connectivity index (χ3v) is 5.68. The highest BCUT2D eigenvalue weighted by Crippen LogP contribution is 2.31. The summed E-state index contributed by atoms with van der Waals surface area (Å²) in [6.07, 6.45) is 0. The molecule has 1 N–H and O–H groups in total. The molecule has 8 heteroatoms. The van der Waals surface area contributed by atoms with Crippen molar-refractivity contribution in [2.24, 2.45) is 0 Å². The normalized spacial score (nSPS) is 11.0. The average molecular weight is 444 g/mol. The maximum atomic E-state index is 13.1. The molecular formula is C24H17FN4O2S. The minimum atomic E-state index is -0.355. The van der Waals surface area contributed by atoms with E-state index in [0.717, 1.165) is 16.7 Å². The third kappa shape index (κ3) is 4.13. The fraction of sp³-hybridized carbons (Fsp3) is 0.0417. The minimum Gasteiger partial charge on any atom is -0.453 e. The lowest BCUT2D eigenvalue weighted by Crippen LogP contribution is -2.14. The molecule has 5 rings (SSSR count). The number of aromatic nitrogens is 3. The lowest BCUT2D eigenvalue weighted by Gasteiger charge is -2.09. The lowest BCUT2D eigenvalue weighted by molar-refractivity contribution is -0.113. The van der Waals surface area contributed by atoms with Crippen molar-refractivity contribution in [1.82, 2.24) is 14.8 Å². The second kappa shape index (κ2) is 8.68. The van der Waals surface area contributed by atoms with Gasteiger partial charge in [0.15, 0.2) is 10.9 Å². The van der Waals surface area contributed by atoms with Crippen molar-refractivity contribution in [2.75, 3.05) is 11.1 Å². The monoisotopic (exact) mass is 444 g/mol. The number of anilines is 1. The Labute approximate surface area is 187 Å². The molecular weight excluding hydrogens is 427 g/mol. The van der Waals surface area contributed by atoms with E-state index in [9.17, 15) is 9.18 Å². The average Bonchev–Trinajstić information content (AvgIpc) is 3.44. The molecule has 6 nitrogen and oxygen atoms in total. The summed E-state index contributed by atoms with van der Waals surface area (Å²) in [6, 6.07) is 25.0. The van der Waals surface area contributed by atoms with Crippen molar-refractivity contribution in [2.45, 2.75) is 5.16 Å². The first-order chi connectivity index (χ1) is 15.7.